The molecule has 0 atom stereocenters. The monoisotopic (exact) mass is 469 g/mol. The molecule has 158 valence electrons. The molecule has 0 fully saturated rings. The van der Waals surface area contributed by atoms with E-state index in [1.54, 1.807) is 24.3 Å². The highest BCUT2D eigenvalue weighted by molar-refractivity contribution is 7.90. The van der Waals surface area contributed by atoms with Gasteiger partial charge in [0.2, 0.25) is 11.0 Å². The van der Waals surface area contributed by atoms with Gasteiger partial charge in [0, 0.05) is 24.7 Å². The number of halogens is 2. The first kappa shape index (κ1) is 22.1. The van der Waals surface area contributed by atoms with Crippen LogP contribution in [0.2, 0.25) is 5.02 Å². The number of nitrogens with one attached hydrogen (secondary N) is 1. The fourth-order valence-corrected chi connectivity index (χ4v) is 4.38. The van der Waals surface area contributed by atoms with Crippen molar-refractivity contribution >= 4 is 49.9 Å². The smallest absolute Gasteiger partial charge is 0.299 e. The van der Waals surface area contributed by atoms with Crippen molar-refractivity contribution in [3.05, 3.63) is 59.4 Å². The minimum Gasteiger partial charge on any atom is -0.299 e. The third-order valence-electron chi connectivity index (χ3n) is 3.91. The number of aromatic nitrogens is 2. The van der Waals surface area contributed by atoms with E-state index >= 15 is 0 Å². The average molecular weight is 470 g/mol. The standard InChI is InChI=1S/C18H17ClFN5O3S2/c1-24(2)30(27,28)25(15-6-4-3-5-14(15)20)11-16(26)21-18-23-22-17(29-18)12-7-9-13(19)10-8-12/h3-10H,11H2,1-2H3,(H,21,23,26). The van der Waals surface area contributed by atoms with Crippen molar-refractivity contribution in [3.8, 4) is 10.6 Å². The molecule has 12 heteroatoms. The maximum atomic E-state index is 14.2. The number of hydrogen-bond donors (Lipinski definition) is 1. The van der Waals surface area contributed by atoms with Crippen molar-refractivity contribution in [2.45, 2.75) is 0 Å². The number of hydrogen-bond acceptors (Lipinski definition) is 6. The second-order valence-electron chi connectivity index (χ2n) is 6.22. The normalized spacial score (nSPS) is 11.5. The van der Waals surface area contributed by atoms with Gasteiger partial charge in [-0.25, -0.2) is 8.70 Å². The Labute approximate surface area is 182 Å². The summed E-state index contributed by atoms with van der Waals surface area (Å²) in [6, 6.07) is 12.2. The summed E-state index contributed by atoms with van der Waals surface area (Å²) in [6.45, 7) is -0.642. The third kappa shape index (κ3) is 4.93. The Morgan fingerprint density at radius 2 is 1.80 bits per heavy atom. The number of carbonyl (C=O) groups is 1. The Balaban J connectivity index is 1.80. The van der Waals surface area contributed by atoms with Gasteiger partial charge < -0.3 is 0 Å². The number of rotatable bonds is 7. The van der Waals surface area contributed by atoms with Crippen LogP contribution < -0.4 is 9.62 Å². The molecule has 1 aromatic heterocycles. The SMILES string of the molecule is CN(C)S(=O)(=O)N(CC(=O)Nc1nnc(-c2ccc(Cl)cc2)s1)c1ccccc1F. The van der Waals surface area contributed by atoms with Crippen LogP contribution in [-0.2, 0) is 15.0 Å². The Hall–Kier alpha value is -2.60. The van der Waals surface area contributed by atoms with Crippen molar-refractivity contribution in [1.29, 1.82) is 0 Å². The number of nitrogens with zero attached hydrogens (tertiary/aromatic N) is 4. The molecule has 1 amide bonds. The van der Waals surface area contributed by atoms with Crippen molar-refractivity contribution in [3.63, 3.8) is 0 Å². The van der Waals surface area contributed by atoms with Gasteiger partial charge in [-0.1, -0.05) is 47.2 Å². The van der Waals surface area contributed by atoms with Gasteiger partial charge in [0.25, 0.3) is 0 Å². The fourth-order valence-electron chi connectivity index (χ4n) is 2.41. The molecule has 3 rings (SSSR count). The van der Waals surface area contributed by atoms with E-state index in [9.17, 15) is 17.6 Å². The van der Waals surface area contributed by atoms with Crippen molar-refractivity contribution in [2.24, 2.45) is 0 Å². The molecule has 2 aromatic carbocycles. The number of amides is 1. The Kier molecular flexibility index (Phi) is 6.66. The third-order valence-corrected chi connectivity index (χ3v) is 6.86. The highest BCUT2D eigenvalue weighted by Gasteiger charge is 2.29. The van der Waals surface area contributed by atoms with Gasteiger partial charge in [-0.15, -0.1) is 10.2 Å². The fraction of sp³-hybridized carbons (Fsp3) is 0.167. The van der Waals surface area contributed by atoms with Gasteiger partial charge in [-0.05, 0) is 24.3 Å². The molecule has 0 bridgehead atoms. The van der Waals surface area contributed by atoms with Gasteiger partial charge in [0.15, 0.2) is 0 Å². The molecule has 0 aliphatic heterocycles. The van der Waals surface area contributed by atoms with Gasteiger partial charge >= 0.3 is 10.2 Å². The van der Waals surface area contributed by atoms with Crippen LogP contribution in [0.5, 0.6) is 0 Å². The van der Waals surface area contributed by atoms with E-state index in [-0.39, 0.29) is 10.8 Å². The van der Waals surface area contributed by atoms with Crippen LogP contribution in [0.15, 0.2) is 48.5 Å². The lowest BCUT2D eigenvalue weighted by molar-refractivity contribution is -0.114. The molecule has 0 spiro atoms. The molecular weight excluding hydrogens is 453 g/mol. The average Bonchev–Trinajstić information content (AvgIpc) is 3.15. The van der Waals surface area contributed by atoms with Crippen LogP contribution in [0, 0.1) is 5.82 Å². The predicted molar refractivity (Wildman–Crippen MR) is 115 cm³/mol. The first-order valence-corrected chi connectivity index (χ1v) is 11.1. The maximum Gasteiger partial charge on any atom is 0.304 e. The highest BCUT2D eigenvalue weighted by Crippen LogP contribution is 2.28. The van der Waals surface area contributed by atoms with Gasteiger partial charge in [0.1, 0.15) is 17.4 Å². The first-order valence-electron chi connectivity index (χ1n) is 8.52. The van der Waals surface area contributed by atoms with E-state index in [0.717, 1.165) is 27.3 Å². The molecule has 0 unspecified atom stereocenters. The van der Waals surface area contributed by atoms with Crippen LogP contribution in [0.4, 0.5) is 15.2 Å². The number of anilines is 2. The lowest BCUT2D eigenvalue weighted by atomic mass is 10.2. The Bertz CT molecular complexity index is 1150. The zero-order valence-corrected chi connectivity index (χ0v) is 18.3. The summed E-state index contributed by atoms with van der Waals surface area (Å²) < 4.78 is 41.2. The van der Waals surface area contributed by atoms with Crippen LogP contribution in [-0.4, -0.2) is 49.5 Å². The molecule has 1 N–H and O–H groups in total. The van der Waals surface area contributed by atoms with Crippen molar-refractivity contribution in [2.75, 3.05) is 30.3 Å². The second kappa shape index (κ2) is 9.04. The molecule has 8 nitrogen and oxygen atoms in total. The summed E-state index contributed by atoms with van der Waals surface area (Å²) in [5, 5.41) is 11.7. The van der Waals surface area contributed by atoms with Gasteiger partial charge in [-0.2, -0.15) is 12.7 Å². The number of benzene rings is 2. The number of para-hydroxylation sites is 1. The summed E-state index contributed by atoms with van der Waals surface area (Å²) in [5.41, 5.74) is 0.529. The van der Waals surface area contributed by atoms with E-state index in [1.165, 1.54) is 32.3 Å². The minimum absolute atomic E-state index is 0.181. The molecule has 0 aliphatic rings. The van der Waals surface area contributed by atoms with E-state index < -0.39 is 28.5 Å². The molecule has 1 heterocycles. The van der Waals surface area contributed by atoms with Crippen LogP contribution in [0.1, 0.15) is 0 Å². The Morgan fingerprint density at radius 1 is 1.13 bits per heavy atom. The minimum atomic E-state index is -4.12. The summed E-state index contributed by atoms with van der Waals surface area (Å²) in [6.07, 6.45) is 0. The molecular formula is C18H17ClFN5O3S2. The van der Waals surface area contributed by atoms with E-state index in [0.29, 0.717) is 14.3 Å². The zero-order chi connectivity index (χ0) is 21.9. The van der Waals surface area contributed by atoms with E-state index in [4.69, 9.17) is 11.6 Å². The highest BCUT2D eigenvalue weighted by atomic mass is 35.5. The van der Waals surface area contributed by atoms with Crippen LogP contribution in [0.3, 0.4) is 0 Å². The lowest BCUT2D eigenvalue weighted by Crippen LogP contribution is -2.44. The Morgan fingerprint density at radius 3 is 2.43 bits per heavy atom. The zero-order valence-electron chi connectivity index (χ0n) is 15.9. The predicted octanol–water partition coefficient (Wildman–Crippen LogP) is 3.25. The lowest BCUT2D eigenvalue weighted by Gasteiger charge is -2.26. The molecule has 0 saturated carbocycles. The summed E-state index contributed by atoms with van der Waals surface area (Å²) >= 11 is 6.98. The quantitative estimate of drug-likeness (QED) is 0.573. The van der Waals surface area contributed by atoms with Crippen LogP contribution in [0.25, 0.3) is 10.6 Å². The van der Waals surface area contributed by atoms with E-state index in [2.05, 4.69) is 15.5 Å². The summed E-state index contributed by atoms with van der Waals surface area (Å²) in [7, 11) is -1.53. The molecule has 3 aromatic rings. The summed E-state index contributed by atoms with van der Waals surface area (Å²) in [4.78, 5) is 12.5. The molecule has 30 heavy (non-hydrogen) atoms. The van der Waals surface area contributed by atoms with Crippen molar-refractivity contribution < 1.29 is 17.6 Å². The first-order chi connectivity index (χ1) is 14.2. The van der Waals surface area contributed by atoms with E-state index in [1.807, 2.05) is 0 Å². The largest absolute Gasteiger partial charge is 0.304 e. The maximum absolute atomic E-state index is 14.2. The number of carbonyl (C=O) groups excluding carboxylic acids is 1. The molecule has 0 radical (unpaired) electrons. The van der Waals surface area contributed by atoms with Crippen LogP contribution >= 0.6 is 22.9 Å². The van der Waals surface area contributed by atoms with Crippen molar-refractivity contribution in [1.82, 2.24) is 14.5 Å². The topological polar surface area (TPSA) is 95.5 Å². The molecule has 0 aliphatic carbocycles. The van der Waals surface area contributed by atoms with Gasteiger partial charge in [0.05, 0.1) is 5.69 Å². The second-order valence-corrected chi connectivity index (χ2v) is 9.70. The summed E-state index contributed by atoms with van der Waals surface area (Å²) in [5.74, 6) is -1.46. The molecule has 0 saturated heterocycles. The van der Waals surface area contributed by atoms with Gasteiger partial charge in [-0.3, -0.25) is 10.1 Å².